The molecule has 2 nitrogen and oxygen atoms in total. The Bertz CT molecular complexity index is 444. The number of halogens is 2. The predicted octanol–water partition coefficient (Wildman–Crippen LogP) is 4.19. The lowest BCUT2D eigenvalue weighted by atomic mass is 9.90. The third-order valence-electron chi connectivity index (χ3n) is 4.50. The van der Waals surface area contributed by atoms with Crippen LogP contribution in [0.15, 0.2) is 22.7 Å². The normalized spacial score (nSPS) is 18.9. The number of nitrogens with one attached hydrogen (secondary N) is 1. The fraction of sp³-hybridized carbons (Fsp3) is 0.647. The van der Waals surface area contributed by atoms with E-state index in [-0.39, 0.29) is 5.82 Å². The molecule has 0 bridgehead atoms. The smallest absolute Gasteiger partial charge is 0.123 e. The molecule has 1 heterocycles. The molecule has 2 rings (SSSR count). The van der Waals surface area contributed by atoms with Gasteiger partial charge in [0, 0.05) is 17.1 Å². The summed E-state index contributed by atoms with van der Waals surface area (Å²) < 4.78 is 14.3. The zero-order chi connectivity index (χ0) is 15.2. The molecule has 118 valence electrons. The van der Waals surface area contributed by atoms with Gasteiger partial charge in [-0.2, -0.15) is 0 Å². The van der Waals surface area contributed by atoms with Crippen molar-refractivity contribution in [1.82, 2.24) is 10.2 Å². The monoisotopic (exact) mass is 356 g/mol. The quantitative estimate of drug-likeness (QED) is 0.821. The van der Waals surface area contributed by atoms with Gasteiger partial charge in [-0.15, -0.1) is 0 Å². The summed E-state index contributed by atoms with van der Waals surface area (Å²) in [5.41, 5.74) is 0.991. The van der Waals surface area contributed by atoms with Crippen molar-refractivity contribution in [2.24, 2.45) is 5.92 Å². The Kier molecular flexibility index (Phi) is 6.65. The van der Waals surface area contributed by atoms with Gasteiger partial charge in [-0.1, -0.05) is 22.9 Å². The highest BCUT2D eigenvalue weighted by Gasteiger charge is 2.23. The fourth-order valence-electron chi connectivity index (χ4n) is 3.11. The lowest BCUT2D eigenvalue weighted by Crippen LogP contribution is -2.42. The van der Waals surface area contributed by atoms with Crippen molar-refractivity contribution in [1.29, 1.82) is 0 Å². The average Bonchev–Trinajstić information content (AvgIpc) is 2.49. The first-order valence-electron chi connectivity index (χ1n) is 7.99. The van der Waals surface area contributed by atoms with Gasteiger partial charge >= 0.3 is 0 Å². The number of benzene rings is 1. The first-order chi connectivity index (χ1) is 10.1. The molecule has 0 amide bonds. The maximum Gasteiger partial charge on any atom is 0.123 e. The lowest BCUT2D eigenvalue weighted by molar-refractivity contribution is 0.162. The summed E-state index contributed by atoms with van der Waals surface area (Å²) in [4.78, 5) is 2.56. The SMILES string of the molecule is CCCN1CCC(C(C)NCc2cc(F)ccc2Br)CC1. The molecule has 21 heavy (non-hydrogen) atoms. The Labute approximate surface area is 136 Å². The van der Waals surface area contributed by atoms with Crippen LogP contribution < -0.4 is 5.32 Å². The summed E-state index contributed by atoms with van der Waals surface area (Å²) in [5.74, 6) is 0.556. The van der Waals surface area contributed by atoms with Crippen LogP contribution in [0.4, 0.5) is 4.39 Å². The Hall–Kier alpha value is -0.450. The molecule has 0 radical (unpaired) electrons. The Morgan fingerprint density at radius 1 is 1.38 bits per heavy atom. The molecule has 1 aromatic rings. The van der Waals surface area contributed by atoms with E-state index in [0.29, 0.717) is 12.6 Å². The largest absolute Gasteiger partial charge is 0.310 e. The highest BCUT2D eigenvalue weighted by molar-refractivity contribution is 9.10. The molecule has 1 saturated heterocycles. The van der Waals surface area contributed by atoms with Crippen LogP contribution in [0.2, 0.25) is 0 Å². The number of hydrogen-bond acceptors (Lipinski definition) is 2. The van der Waals surface area contributed by atoms with Crippen LogP contribution >= 0.6 is 15.9 Å². The molecule has 0 aliphatic carbocycles. The lowest BCUT2D eigenvalue weighted by Gasteiger charge is -2.35. The highest BCUT2D eigenvalue weighted by Crippen LogP contribution is 2.22. The van der Waals surface area contributed by atoms with Crippen LogP contribution in [0.1, 0.15) is 38.7 Å². The van der Waals surface area contributed by atoms with Gasteiger partial charge in [0.05, 0.1) is 0 Å². The van der Waals surface area contributed by atoms with Gasteiger partial charge in [-0.05, 0) is 75.5 Å². The number of piperidine rings is 1. The average molecular weight is 357 g/mol. The van der Waals surface area contributed by atoms with E-state index in [1.807, 2.05) is 0 Å². The van der Waals surface area contributed by atoms with E-state index in [0.717, 1.165) is 16.0 Å². The number of likely N-dealkylation sites (tertiary alicyclic amines) is 1. The minimum Gasteiger partial charge on any atom is -0.310 e. The van der Waals surface area contributed by atoms with Crippen LogP contribution in [-0.2, 0) is 6.54 Å². The van der Waals surface area contributed by atoms with Crippen LogP contribution in [0.5, 0.6) is 0 Å². The molecular formula is C17H26BrFN2. The highest BCUT2D eigenvalue weighted by atomic mass is 79.9. The van der Waals surface area contributed by atoms with Crippen molar-refractivity contribution in [3.05, 3.63) is 34.1 Å². The molecule has 0 spiro atoms. The summed E-state index contributed by atoms with van der Waals surface area (Å²) in [7, 11) is 0. The van der Waals surface area contributed by atoms with Gasteiger partial charge in [-0.3, -0.25) is 0 Å². The standard InChI is InChI=1S/C17H26BrFN2/c1-3-8-21-9-6-14(7-10-21)13(2)20-12-15-11-16(19)4-5-17(15)18/h4-5,11,13-14,20H,3,6-10,12H2,1-2H3. The first-order valence-corrected chi connectivity index (χ1v) is 8.79. The third kappa shape index (κ3) is 5.04. The van der Waals surface area contributed by atoms with E-state index in [4.69, 9.17) is 0 Å². The summed E-state index contributed by atoms with van der Waals surface area (Å²) in [6.45, 7) is 8.88. The fourth-order valence-corrected chi connectivity index (χ4v) is 3.50. The van der Waals surface area contributed by atoms with Gasteiger partial charge in [0.15, 0.2) is 0 Å². The number of nitrogens with zero attached hydrogens (tertiary/aromatic N) is 1. The zero-order valence-electron chi connectivity index (χ0n) is 13.0. The van der Waals surface area contributed by atoms with Gasteiger partial charge in [-0.25, -0.2) is 4.39 Å². The molecule has 1 fully saturated rings. The van der Waals surface area contributed by atoms with Gasteiger partial charge in [0.2, 0.25) is 0 Å². The summed E-state index contributed by atoms with van der Waals surface area (Å²) in [5, 5.41) is 3.57. The van der Waals surface area contributed by atoms with Crippen molar-refractivity contribution in [3.63, 3.8) is 0 Å². The molecule has 4 heteroatoms. The van der Waals surface area contributed by atoms with Crippen molar-refractivity contribution in [2.45, 2.75) is 45.7 Å². The maximum atomic E-state index is 13.3. The second kappa shape index (κ2) is 8.25. The van der Waals surface area contributed by atoms with Gasteiger partial charge in [0.1, 0.15) is 5.82 Å². The Morgan fingerprint density at radius 2 is 2.10 bits per heavy atom. The molecule has 1 aliphatic heterocycles. The van der Waals surface area contributed by atoms with Crippen LogP contribution in [0, 0.1) is 11.7 Å². The van der Waals surface area contributed by atoms with E-state index >= 15 is 0 Å². The molecule has 0 saturated carbocycles. The molecule has 1 atom stereocenters. The second-order valence-corrected chi connectivity index (χ2v) is 6.94. The first kappa shape index (κ1) is 16.9. The van der Waals surface area contributed by atoms with E-state index < -0.39 is 0 Å². The third-order valence-corrected chi connectivity index (χ3v) is 5.28. The van der Waals surface area contributed by atoms with E-state index in [9.17, 15) is 4.39 Å². The van der Waals surface area contributed by atoms with Crippen LogP contribution in [0.3, 0.4) is 0 Å². The molecule has 0 aromatic heterocycles. The maximum absolute atomic E-state index is 13.3. The second-order valence-electron chi connectivity index (χ2n) is 6.08. The molecule has 1 aliphatic rings. The molecule has 1 aromatic carbocycles. The van der Waals surface area contributed by atoms with Crippen molar-refractivity contribution < 1.29 is 4.39 Å². The topological polar surface area (TPSA) is 15.3 Å². The summed E-state index contributed by atoms with van der Waals surface area (Å²) in [6, 6.07) is 5.35. The minimum absolute atomic E-state index is 0.171. The van der Waals surface area contributed by atoms with Gasteiger partial charge in [0.25, 0.3) is 0 Å². The van der Waals surface area contributed by atoms with E-state index in [1.54, 1.807) is 12.1 Å². The predicted molar refractivity (Wildman–Crippen MR) is 89.9 cm³/mol. The molecular weight excluding hydrogens is 331 g/mol. The molecule has 1 N–H and O–H groups in total. The van der Waals surface area contributed by atoms with Crippen molar-refractivity contribution in [2.75, 3.05) is 19.6 Å². The van der Waals surface area contributed by atoms with Gasteiger partial charge < -0.3 is 10.2 Å². The number of hydrogen-bond donors (Lipinski definition) is 1. The number of rotatable bonds is 6. The van der Waals surface area contributed by atoms with Crippen LogP contribution in [0.25, 0.3) is 0 Å². The van der Waals surface area contributed by atoms with Crippen molar-refractivity contribution in [3.8, 4) is 0 Å². The summed E-state index contributed by atoms with van der Waals surface area (Å²) in [6.07, 6.45) is 3.77. The minimum atomic E-state index is -0.171. The molecule has 1 unspecified atom stereocenters. The van der Waals surface area contributed by atoms with E-state index in [2.05, 4.69) is 40.0 Å². The zero-order valence-corrected chi connectivity index (χ0v) is 14.6. The van der Waals surface area contributed by atoms with Crippen molar-refractivity contribution >= 4 is 15.9 Å². The summed E-state index contributed by atoms with van der Waals surface area (Å²) >= 11 is 3.49. The Balaban J connectivity index is 1.80. The van der Waals surface area contributed by atoms with E-state index in [1.165, 1.54) is 45.0 Å². The Morgan fingerprint density at radius 3 is 2.76 bits per heavy atom. The van der Waals surface area contributed by atoms with Crippen LogP contribution in [-0.4, -0.2) is 30.6 Å².